The van der Waals surface area contributed by atoms with Crippen LogP contribution in [0.5, 0.6) is 11.5 Å². The van der Waals surface area contributed by atoms with E-state index in [2.05, 4.69) is 43.6 Å². The molecular weight excluding hydrogens is 633 g/mol. The number of aromatic nitrogens is 3. The van der Waals surface area contributed by atoms with Gasteiger partial charge >= 0.3 is 0 Å². The fraction of sp³-hybridized carbons (Fsp3) is 0.296. The van der Waals surface area contributed by atoms with Crippen molar-refractivity contribution in [2.45, 2.75) is 32.6 Å². The van der Waals surface area contributed by atoms with Crippen molar-refractivity contribution in [3.63, 3.8) is 0 Å². The quantitative estimate of drug-likeness (QED) is 0.239. The van der Waals surface area contributed by atoms with Crippen LogP contribution in [0.3, 0.4) is 0 Å². The number of methoxy groups -OCH3 is 2. The largest absolute Gasteiger partial charge is 0.494 e. The van der Waals surface area contributed by atoms with E-state index in [1.165, 1.54) is 18.8 Å². The Hall–Kier alpha value is -3.57. The van der Waals surface area contributed by atoms with Gasteiger partial charge in [-0.1, -0.05) is 32.9 Å². The molecule has 2 aromatic heterocycles. The first-order chi connectivity index (χ1) is 18.5. The standard InChI is InChI=1S/C27H28IN5O5S/c1-27(2,3)23-12-11-22(38-23)25-30-31-26(33(25)24-20(36-4)7-6-8-21(24)37-5)32-39(34,35)14-13-17-9-10-19(28)15-18(17)16-29/h6-12,15H,13-14H2,1-5H3,(H,31,32). The number of ether oxygens (including phenoxy) is 2. The zero-order chi connectivity index (χ0) is 28.4. The Morgan fingerprint density at radius 1 is 1.08 bits per heavy atom. The van der Waals surface area contributed by atoms with Crippen molar-refractivity contribution in [3.8, 4) is 34.8 Å². The number of benzene rings is 2. The van der Waals surface area contributed by atoms with Crippen LogP contribution in [0.25, 0.3) is 17.3 Å². The van der Waals surface area contributed by atoms with Gasteiger partial charge in [0.05, 0.1) is 31.6 Å². The zero-order valence-electron chi connectivity index (χ0n) is 22.1. The maximum atomic E-state index is 13.3. The summed E-state index contributed by atoms with van der Waals surface area (Å²) in [5, 5.41) is 17.9. The topological polar surface area (TPSA) is 132 Å². The van der Waals surface area contributed by atoms with Gasteiger partial charge in [-0.15, -0.1) is 10.2 Å². The summed E-state index contributed by atoms with van der Waals surface area (Å²) in [4.78, 5) is 0. The first-order valence-electron chi connectivity index (χ1n) is 11.9. The molecule has 0 saturated carbocycles. The van der Waals surface area contributed by atoms with Crippen molar-refractivity contribution in [2.24, 2.45) is 0 Å². The average molecular weight is 662 g/mol. The number of nitrogens with one attached hydrogen (secondary N) is 1. The van der Waals surface area contributed by atoms with Crippen LogP contribution >= 0.6 is 22.6 Å². The number of anilines is 1. The van der Waals surface area contributed by atoms with E-state index in [4.69, 9.17) is 13.9 Å². The maximum absolute atomic E-state index is 13.3. The van der Waals surface area contributed by atoms with Crippen molar-refractivity contribution >= 4 is 38.6 Å². The van der Waals surface area contributed by atoms with Gasteiger partial charge in [0, 0.05) is 8.99 Å². The van der Waals surface area contributed by atoms with Crippen molar-refractivity contribution < 1.29 is 22.3 Å². The van der Waals surface area contributed by atoms with E-state index in [-0.39, 0.29) is 29.4 Å². The maximum Gasteiger partial charge on any atom is 0.243 e. The number of nitrogens with zero attached hydrogens (tertiary/aromatic N) is 4. The molecule has 0 amide bonds. The zero-order valence-corrected chi connectivity index (χ0v) is 25.1. The third kappa shape index (κ3) is 6.20. The van der Waals surface area contributed by atoms with Crippen LogP contribution in [-0.4, -0.2) is 43.2 Å². The molecule has 4 aromatic rings. The molecule has 0 bridgehead atoms. The van der Waals surface area contributed by atoms with E-state index < -0.39 is 10.0 Å². The van der Waals surface area contributed by atoms with E-state index in [0.29, 0.717) is 34.1 Å². The molecule has 12 heteroatoms. The Labute approximate surface area is 241 Å². The predicted molar refractivity (Wildman–Crippen MR) is 156 cm³/mol. The Morgan fingerprint density at radius 2 is 1.77 bits per heavy atom. The molecule has 39 heavy (non-hydrogen) atoms. The van der Waals surface area contributed by atoms with Gasteiger partial charge in [0.25, 0.3) is 0 Å². The molecule has 0 aliphatic carbocycles. The van der Waals surface area contributed by atoms with Crippen molar-refractivity contribution in [2.75, 3.05) is 24.7 Å². The minimum absolute atomic E-state index is 0.0652. The van der Waals surface area contributed by atoms with Gasteiger partial charge in [0.1, 0.15) is 22.9 Å². The van der Waals surface area contributed by atoms with Crippen LogP contribution < -0.4 is 14.2 Å². The third-order valence-corrected chi connectivity index (χ3v) is 7.84. The predicted octanol–water partition coefficient (Wildman–Crippen LogP) is 5.30. The number of rotatable bonds is 9. The number of hydrogen-bond donors (Lipinski definition) is 1. The van der Waals surface area contributed by atoms with E-state index in [9.17, 15) is 13.7 Å². The first-order valence-corrected chi connectivity index (χ1v) is 14.7. The highest BCUT2D eigenvalue weighted by Crippen LogP contribution is 2.38. The molecule has 0 unspecified atom stereocenters. The highest BCUT2D eigenvalue weighted by Gasteiger charge is 2.28. The fourth-order valence-electron chi connectivity index (χ4n) is 3.94. The summed E-state index contributed by atoms with van der Waals surface area (Å²) in [5.74, 6) is 1.87. The summed E-state index contributed by atoms with van der Waals surface area (Å²) in [7, 11) is -0.912. The smallest absolute Gasteiger partial charge is 0.243 e. The van der Waals surface area contributed by atoms with E-state index >= 15 is 0 Å². The minimum Gasteiger partial charge on any atom is -0.494 e. The lowest BCUT2D eigenvalue weighted by atomic mass is 9.94. The molecule has 0 aliphatic rings. The minimum atomic E-state index is -3.92. The number of furan rings is 1. The second-order valence-electron chi connectivity index (χ2n) is 9.69. The van der Waals surface area contributed by atoms with Crippen LogP contribution in [0.2, 0.25) is 0 Å². The van der Waals surface area contributed by atoms with Crippen molar-refractivity contribution in [3.05, 3.63) is 69.0 Å². The van der Waals surface area contributed by atoms with Gasteiger partial charge in [-0.05, 0) is 71.0 Å². The van der Waals surface area contributed by atoms with Crippen LogP contribution in [0.15, 0.2) is 52.9 Å². The monoisotopic (exact) mass is 661 g/mol. The molecule has 0 fully saturated rings. The number of para-hydroxylation sites is 1. The van der Waals surface area contributed by atoms with Crippen LogP contribution in [0.1, 0.15) is 37.7 Å². The van der Waals surface area contributed by atoms with Crippen LogP contribution in [0, 0.1) is 14.9 Å². The van der Waals surface area contributed by atoms with Gasteiger partial charge in [0.2, 0.25) is 21.8 Å². The lowest BCUT2D eigenvalue weighted by Crippen LogP contribution is -2.21. The van der Waals surface area contributed by atoms with E-state index in [1.54, 1.807) is 36.4 Å². The van der Waals surface area contributed by atoms with Crippen molar-refractivity contribution in [1.29, 1.82) is 5.26 Å². The third-order valence-electron chi connectivity index (χ3n) is 5.93. The van der Waals surface area contributed by atoms with Crippen LogP contribution in [-0.2, 0) is 21.9 Å². The molecule has 1 N–H and O–H groups in total. The number of halogens is 1. The SMILES string of the molecule is COc1cccc(OC)c1-n1c(NS(=O)(=O)CCc2ccc(I)cc2C#N)nnc1-c1ccc(C(C)(C)C)o1. The summed E-state index contributed by atoms with van der Waals surface area (Å²) in [5.41, 5.74) is 1.22. The number of hydrogen-bond acceptors (Lipinski definition) is 8. The van der Waals surface area contributed by atoms with E-state index in [0.717, 1.165) is 9.33 Å². The molecule has 0 aliphatic heterocycles. The number of nitriles is 1. The molecule has 2 heterocycles. The summed E-state index contributed by atoms with van der Waals surface area (Å²) < 4.78 is 48.8. The Balaban J connectivity index is 1.78. The normalized spacial score (nSPS) is 11.7. The van der Waals surface area contributed by atoms with Gasteiger partial charge < -0.3 is 13.9 Å². The summed E-state index contributed by atoms with van der Waals surface area (Å²) in [6.45, 7) is 6.07. The Kier molecular flexibility index (Phi) is 8.22. The molecular formula is C27H28IN5O5S. The fourth-order valence-corrected chi connectivity index (χ4v) is 5.43. The second kappa shape index (κ2) is 11.3. The molecule has 204 valence electrons. The summed E-state index contributed by atoms with van der Waals surface area (Å²) >= 11 is 2.11. The highest BCUT2D eigenvalue weighted by atomic mass is 127. The first kappa shape index (κ1) is 28.4. The average Bonchev–Trinajstić information content (AvgIpc) is 3.54. The summed E-state index contributed by atoms with van der Waals surface area (Å²) in [6, 6.07) is 16.3. The van der Waals surface area contributed by atoms with E-state index in [1.807, 2.05) is 32.9 Å². The lowest BCUT2D eigenvalue weighted by Gasteiger charge is -2.17. The second-order valence-corrected chi connectivity index (χ2v) is 12.8. The van der Waals surface area contributed by atoms with Gasteiger partial charge in [-0.25, -0.2) is 8.42 Å². The van der Waals surface area contributed by atoms with Crippen molar-refractivity contribution in [1.82, 2.24) is 14.8 Å². The molecule has 4 rings (SSSR count). The number of aryl methyl sites for hydroxylation is 1. The Bertz CT molecular complexity index is 1630. The number of sulfonamides is 1. The Morgan fingerprint density at radius 3 is 2.36 bits per heavy atom. The molecule has 0 atom stereocenters. The molecule has 10 nitrogen and oxygen atoms in total. The van der Waals surface area contributed by atoms with Crippen LogP contribution in [0.4, 0.5) is 5.95 Å². The van der Waals surface area contributed by atoms with Gasteiger partial charge in [-0.3, -0.25) is 9.29 Å². The molecule has 0 saturated heterocycles. The molecule has 0 spiro atoms. The molecule has 2 aromatic carbocycles. The highest BCUT2D eigenvalue weighted by molar-refractivity contribution is 14.1. The van der Waals surface area contributed by atoms with Gasteiger partial charge in [-0.2, -0.15) is 5.26 Å². The lowest BCUT2D eigenvalue weighted by molar-refractivity contribution is 0.390. The molecule has 0 radical (unpaired) electrons. The summed E-state index contributed by atoms with van der Waals surface area (Å²) in [6.07, 6.45) is 0.140. The van der Waals surface area contributed by atoms with Gasteiger partial charge in [0.15, 0.2) is 5.76 Å².